The number of hydrogen-bond donors (Lipinski definition) is 2. The fraction of sp³-hybridized carbons (Fsp3) is 0.227. The first-order valence-corrected chi connectivity index (χ1v) is 9.53. The van der Waals surface area contributed by atoms with Crippen molar-refractivity contribution in [2.75, 3.05) is 13.2 Å². The minimum absolute atomic E-state index is 0.0115. The molecule has 7 nitrogen and oxygen atoms in total. The van der Waals surface area contributed by atoms with Crippen molar-refractivity contribution in [3.63, 3.8) is 0 Å². The Bertz CT molecular complexity index is 1080. The van der Waals surface area contributed by atoms with Crippen LogP contribution in [0.2, 0.25) is 0 Å². The Kier molecular flexibility index (Phi) is 4.08. The van der Waals surface area contributed by atoms with E-state index in [4.69, 9.17) is 9.84 Å². The number of carboxylic acid groups (broad SMARTS) is 1. The van der Waals surface area contributed by atoms with Gasteiger partial charge in [0.05, 0.1) is 17.9 Å². The van der Waals surface area contributed by atoms with Crippen molar-refractivity contribution in [1.82, 2.24) is 14.9 Å². The molecule has 0 saturated heterocycles. The summed E-state index contributed by atoms with van der Waals surface area (Å²) in [6, 6.07) is 16.4. The normalized spacial score (nSPS) is 14.8. The number of carbonyl (C=O) groups is 2. The van der Waals surface area contributed by atoms with Crippen molar-refractivity contribution in [3.05, 3.63) is 76.9 Å². The number of fused-ring (bicyclic) bond motifs is 4. The minimum atomic E-state index is -1.10. The summed E-state index contributed by atoms with van der Waals surface area (Å²) in [6.07, 6.45) is 0.104. The molecule has 1 aromatic heterocycles. The Balaban J connectivity index is 1.31. The second kappa shape index (κ2) is 6.77. The molecule has 2 N–H and O–H groups in total. The van der Waals surface area contributed by atoms with Crippen LogP contribution in [0.3, 0.4) is 0 Å². The molecule has 2 heterocycles. The molecule has 3 aromatic rings. The topological polar surface area (TPSA) is 95.5 Å². The van der Waals surface area contributed by atoms with Crippen molar-refractivity contribution in [1.29, 1.82) is 0 Å². The smallest absolute Gasteiger partial charge is 0.410 e. The van der Waals surface area contributed by atoms with Crippen LogP contribution < -0.4 is 0 Å². The quantitative estimate of drug-likeness (QED) is 0.716. The molecule has 0 fully saturated rings. The summed E-state index contributed by atoms with van der Waals surface area (Å²) < 4.78 is 5.68. The van der Waals surface area contributed by atoms with Crippen LogP contribution in [-0.2, 0) is 17.7 Å². The zero-order valence-corrected chi connectivity index (χ0v) is 15.6. The lowest BCUT2D eigenvalue weighted by Crippen LogP contribution is -2.37. The van der Waals surface area contributed by atoms with Crippen LogP contribution in [-0.4, -0.2) is 45.2 Å². The molecule has 0 bridgehead atoms. The van der Waals surface area contributed by atoms with Crippen molar-refractivity contribution in [3.8, 4) is 11.1 Å². The SMILES string of the molecule is O=C(O)c1nc2c([nH]1)CN(C(=O)OCC1c3ccccc3-c3ccccc31)CC2. The van der Waals surface area contributed by atoms with Crippen molar-refractivity contribution >= 4 is 12.1 Å². The molecule has 5 rings (SSSR count). The molecule has 29 heavy (non-hydrogen) atoms. The predicted molar refractivity (Wildman–Crippen MR) is 105 cm³/mol. The number of imidazole rings is 1. The number of H-pyrrole nitrogens is 1. The Morgan fingerprint density at radius 1 is 1.10 bits per heavy atom. The van der Waals surface area contributed by atoms with Gasteiger partial charge in [-0.2, -0.15) is 0 Å². The van der Waals surface area contributed by atoms with Crippen LogP contribution in [0.15, 0.2) is 48.5 Å². The highest BCUT2D eigenvalue weighted by molar-refractivity contribution is 5.83. The Morgan fingerprint density at radius 2 is 1.76 bits per heavy atom. The first kappa shape index (κ1) is 17.5. The van der Waals surface area contributed by atoms with E-state index in [-0.39, 0.29) is 24.9 Å². The number of nitrogens with one attached hydrogen (secondary N) is 1. The maximum absolute atomic E-state index is 12.7. The number of aromatic amines is 1. The first-order valence-electron chi connectivity index (χ1n) is 9.53. The van der Waals surface area contributed by atoms with E-state index in [1.807, 2.05) is 24.3 Å². The molecular formula is C22H19N3O4. The third-order valence-corrected chi connectivity index (χ3v) is 5.63. The fourth-order valence-electron chi connectivity index (χ4n) is 4.24. The van der Waals surface area contributed by atoms with Crippen molar-refractivity contribution in [2.24, 2.45) is 0 Å². The molecule has 0 saturated carbocycles. The van der Waals surface area contributed by atoms with Crippen LogP contribution in [0.25, 0.3) is 11.1 Å². The number of rotatable bonds is 3. The average molecular weight is 389 g/mol. The predicted octanol–water partition coefficient (Wildman–Crippen LogP) is 3.42. The molecule has 0 unspecified atom stereocenters. The van der Waals surface area contributed by atoms with Gasteiger partial charge in [-0.25, -0.2) is 14.6 Å². The summed E-state index contributed by atoms with van der Waals surface area (Å²) in [5.74, 6) is -1.19. The van der Waals surface area contributed by atoms with Gasteiger partial charge in [0.25, 0.3) is 0 Å². The van der Waals surface area contributed by atoms with Gasteiger partial charge in [-0.1, -0.05) is 48.5 Å². The highest BCUT2D eigenvalue weighted by Crippen LogP contribution is 2.44. The standard InChI is InChI=1S/C22H19N3O4/c26-21(27)20-23-18-9-10-25(11-19(18)24-20)22(28)29-12-17-15-7-3-1-5-13(15)14-6-2-4-8-16(14)17/h1-8,17H,9-12H2,(H,23,24)(H,26,27). The summed E-state index contributed by atoms with van der Waals surface area (Å²) in [4.78, 5) is 32.2. The third kappa shape index (κ3) is 2.95. The van der Waals surface area contributed by atoms with E-state index in [0.717, 1.165) is 0 Å². The summed E-state index contributed by atoms with van der Waals surface area (Å²) >= 11 is 0. The molecule has 0 spiro atoms. The number of benzene rings is 2. The summed E-state index contributed by atoms with van der Waals surface area (Å²) in [6.45, 7) is 0.986. The van der Waals surface area contributed by atoms with E-state index in [9.17, 15) is 9.59 Å². The van der Waals surface area contributed by atoms with E-state index in [2.05, 4.69) is 34.2 Å². The lowest BCUT2D eigenvalue weighted by molar-refractivity contribution is 0.0684. The number of aromatic nitrogens is 2. The van der Waals surface area contributed by atoms with Crippen LogP contribution in [0.1, 0.15) is 39.1 Å². The van der Waals surface area contributed by atoms with Gasteiger partial charge in [-0.15, -0.1) is 0 Å². The first-order chi connectivity index (χ1) is 14.1. The van der Waals surface area contributed by atoms with E-state index in [0.29, 0.717) is 24.4 Å². The van der Waals surface area contributed by atoms with E-state index < -0.39 is 12.1 Å². The monoisotopic (exact) mass is 389 g/mol. The number of carbonyl (C=O) groups excluding carboxylic acids is 1. The minimum Gasteiger partial charge on any atom is -0.475 e. The molecule has 1 aliphatic heterocycles. The number of aromatic carboxylic acids is 1. The van der Waals surface area contributed by atoms with Crippen molar-refractivity contribution in [2.45, 2.75) is 18.9 Å². The van der Waals surface area contributed by atoms with Crippen LogP contribution in [0.5, 0.6) is 0 Å². The van der Waals surface area contributed by atoms with Crippen LogP contribution in [0.4, 0.5) is 4.79 Å². The largest absolute Gasteiger partial charge is 0.475 e. The molecule has 0 radical (unpaired) electrons. The van der Waals surface area contributed by atoms with Crippen LogP contribution in [0, 0.1) is 0 Å². The highest BCUT2D eigenvalue weighted by Gasteiger charge is 2.31. The van der Waals surface area contributed by atoms with Gasteiger partial charge in [-0.05, 0) is 22.3 Å². The van der Waals surface area contributed by atoms with Crippen LogP contribution >= 0.6 is 0 Å². The van der Waals surface area contributed by atoms with E-state index in [1.54, 1.807) is 4.90 Å². The number of ether oxygens (including phenoxy) is 1. The maximum atomic E-state index is 12.7. The molecule has 2 aromatic carbocycles. The zero-order chi connectivity index (χ0) is 20.0. The second-order valence-corrected chi connectivity index (χ2v) is 7.29. The van der Waals surface area contributed by atoms with E-state index >= 15 is 0 Å². The fourth-order valence-corrected chi connectivity index (χ4v) is 4.24. The number of hydrogen-bond acceptors (Lipinski definition) is 4. The second-order valence-electron chi connectivity index (χ2n) is 7.29. The summed E-state index contributed by atoms with van der Waals surface area (Å²) in [5.41, 5.74) is 6.06. The highest BCUT2D eigenvalue weighted by atomic mass is 16.6. The van der Waals surface area contributed by atoms with Gasteiger partial charge in [0.1, 0.15) is 6.61 Å². The molecule has 0 atom stereocenters. The lowest BCUT2D eigenvalue weighted by atomic mass is 9.98. The molecule has 1 aliphatic carbocycles. The van der Waals surface area contributed by atoms with Crippen molar-refractivity contribution < 1.29 is 19.4 Å². The lowest BCUT2D eigenvalue weighted by Gasteiger charge is -2.26. The third-order valence-electron chi connectivity index (χ3n) is 5.63. The molecular weight excluding hydrogens is 370 g/mol. The van der Waals surface area contributed by atoms with Gasteiger partial charge in [0, 0.05) is 18.9 Å². The maximum Gasteiger partial charge on any atom is 0.410 e. The number of nitrogens with zero attached hydrogens (tertiary/aromatic N) is 2. The van der Waals surface area contributed by atoms with Gasteiger partial charge in [-0.3, -0.25) is 0 Å². The molecule has 2 aliphatic rings. The number of amides is 1. The van der Waals surface area contributed by atoms with Gasteiger partial charge in [0.15, 0.2) is 0 Å². The molecule has 7 heteroatoms. The summed E-state index contributed by atoms with van der Waals surface area (Å²) in [7, 11) is 0. The summed E-state index contributed by atoms with van der Waals surface area (Å²) in [5, 5.41) is 9.08. The molecule has 146 valence electrons. The molecule has 1 amide bonds. The van der Waals surface area contributed by atoms with Gasteiger partial charge >= 0.3 is 12.1 Å². The average Bonchev–Trinajstić information content (AvgIpc) is 3.31. The Hall–Kier alpha value is -3.61. The zero-order valence-electron chi connectivity index (χ0n) is 15.6. The Morgan fingerprint density at radius 3 is 2.41 bits per heavy atom. The number of carboxylic acids is 1. The van der Waals surface area contributed by atoms with Gasteiger partial charge < -0.3 is 19.7 Å². The Labute approximate surface area is 167 Å². The van der Waals surface area contributed by atoms with Gasteiger partial charge in [0.2, 0.25) is 5.82 Å². The van der Waals surface area contributed by atoms with E-state index in [1.165, 1.54) is 22.3 Å².